The fourth-order valence-electron chi connectivity index (χ4n) is 4.32. The second-order valence-corrected chi connectivity index (χ2v) is 8.22. The normalized spacial score (nSPS) is 16.3. The van der Waals surface area contributed by atoms with E-state index in [1.54, 1.807) is 12.5 Å². The summed E-state index contributed by atoms with van der Waals surface area (Å²) < 4.78 is 3.95. The summed E-state index contributed by atoms with van der Waals surface area (Å²) in [6.07, 6.45) is 8.71. The number of carbonyl (C=O) groups excluding carboxylic acids is 2. The minimum atomic E-state index is -0.0298. The number of rotatable bonds is 4. The number of benzene rings is 1. The number of aryl methyl sites for hydroxylation is 2. The van der Waals surface area contributed by atoms with E-state index >= 15 is 0 Å². The molecule has 160 valence electrons. The Kier molecular flexibility index (Phi) is 5.28. The quantitative estimate of drug-likeness (QED) is 0.650. The highest BCUT2D eigenvalue weighted by atomic mass is 16.2. The molecule has 31 heavy (non-hydrogen) atoms. The molecule has 0 unspecified atom stereocenters. The van der Waals surface area contributed by atoms with Gasteiger partial charge in [0.15, 0.2) is 5.69 Å². The van der Waals surface area contributed by atoms with Gasteiger partial charge in [0.1, 0.15) is 0 Å². The Morgan fingerprint density at radius 2 is 1.65 bits per heavy atom. The van der Waals surface area contributed by atoms with Gasteiger partial charge in [-0.05, 0) is 43.0 Å². The number of hydrogen-bond acceptors (Lipinski definition) is 4. The molecule has 4 heterocycles. The van der Waals surface area contributed by atoms with Crippen molar-refractivity contribution in [3.63, 3.8) is 0 Å². The Labute approximate surface area is 181 Å². The molecule has 3 aromatic rings. The lowest BCUT2D eigenvalue weighted by Crippen LogP contribution is -2.50. The topological polar surface area (TPSA) is 76.3 Å². The van der Waals surface area contributed by atoms with E-state index < -0.39 is 0 Å². The number of piperazine rings is 1. The maximum Gasteiger partial charge on any atom is 0.274 e. The molecule has 0 radical (unpaired) electrons. The summed E-state index contributed by atoms with van der Waals surface area (Å²) >= 11 is 0. The molecule has 0 spiro atoms. The second-order valence-electron chi connectivity index (χ2n) is 8.22. The summed E-state index contributed by atoms with van der Waals surface area (Å²) in [6.45, 7) is 3.76. The monoisotopic (exact) mass is 418 g/mol. The van der Waals surface area contributed by atoms with Gasteiger partial charge in [0.25, 0.3) is 11.8 Å². The van der Waals surface area contributed by atoms with Crippen LogP contribution in [-0.2, 0) is 19.5 Å². The van der Waals surface area contributed by atoms with Crippen molar-refractivity contribution in [2.75, 3.05) is 26.2 Å². The minimum Gasteiger partial charge on any atom is -0.335 e. The zero-order valence-corrected chi connectivity index (χ0v) is 17.5. The SMILES string of the molecule is O=C(c1ccc(Cn2ccnc2)cc1)N1CCN(C(=O)c2cc3n(n2)CCCC3)CC1. The fraction of sp³-hybridized carbons (Fsp3) is 0.391. The van der Waals surface area contributed by atoms with Crippen molar-refractivity contribution < 1.29 is 9.59 Å². The highest BCUT2D eigenvalue weighted by Crippen LogP contribution is 2.18. The molecular formula is C23H26N6O2. The van der Waals surface area contributed by atoms with Gasteiger partial charge in [-0.3, -0.25) is 14.3 Å². The molecule has 0 saturated carbocycles. The molecule has 0 N–H and O–H groups in total. The van der Waals surface area contributed by atoms with E-state index in [2.05, 4.69) is 10.1 Å². The number of nitrogens with zero attached hydrogens (tertiary/aromatic N) is 6. The lowest BCUT2D eigenvalue weighted by molar-refractivity contribution is 0.0532. The lowest BCUT2D eigenvalue weighted by atomic mass is 10.1. The minimum absolute atomic E-state index is 0.0127. The van der Waals surface area contributed by atoms with E-state index in [-0.39, 0.29) is 11.8 Å². The maximum atomic E-state index is 12.9. The Bertz CT molecular complexity index is 1040. The number of hydrogen-bond donors (Lipinski definition) is 0. The van der Waals surface area contributed by atoms with Gasteiger partial charge in [-0.2, -0.15) is 5.10 Å². The fourth-order valence-corrected chi connectivity index (χ4v) is 4.32. The molecule has 8 nitrogen and oxygen atoms in total. The highest BCUT2D eigenvalue weighted by molar-refractivity contribution is 5.95. The summed E-state index contributed by atoms with van der Waals surface area (Å²) in [5, 5.41) is 4.50. The van der Waals surface area contributed by atoms with Gasteiger partial charge in [-0.1, -0.05) is 12.1 Å². The summed E-state index contributed by atoms with van der Waals surface area (Å²) in [4.78, 5) is 33.5. The van der Waals surface area contributed by atoms with Crippen LogP contribution in [0.3, 0.4) is 0 Å². The van der Waals surface area contributed by atoms with Crippen molar-refractivity contribution in [3.05, 3.63) is 71.6 Å². The van der Waals surface area contributed by atoms with Gasteiger partial charge >= 0.3 is 0 Å². The van der Waals surface area contributed by atoms with E-state index in [1.165, 1.54) is 0 Å². The van der Waals surface area contributed by atoms with E-state index in [9.17, 15) is 9.59 Å². The summed E-state index contributed by atoms with van der Waals surface area (Å²) in [5.41, 5.74) is 3.48. The van der Waals surface area contributed by atoms with Crippen molar-refractivity contribution in [2.24, 2.45) is 0 Å². The van der Waals surface area contributed by atoms with Crippen LogP contribution in [0.2, 0.25) is 0 Å². The number of aromatic nitrogens is 4. The molecule has 0 atom stereocenters. The average Bonchev–Trinajstić information content (AvgIpc) is 3.48. The Hall–Kier alpha value is -3.42. The predicted molar refractivity (Wildman–Crippen MR) is 115 cm³/mol. The number of carbonyl (C=O) groups is 2. The van der Waals surface area contributed by atoms with Gasteiger partial charge < -0.3 is 14.4 Å². The Balaban J connectivity index is 1.17. The van der Waals surface area contributed by atoms with Crippen LogP contribution in [-0.4, -0.2) is 67.1 Å². The largest absolute Gasteiger partial charge is 0.335 e. The zero-order valence-electron chi connectivity index (χ0n) is 17.5. The standard InChI is InChI=1S/C23H26N6O2/c30-22(19-6-4-18(5-7-19)16-26-10-8-24-17-26)27-11-13-28(14-12-27)23(31)21-15-20-3-1-2-9-29(20)25-21/h4-8,10,15,17H,1-3,9,11-14,16H2. The Morgan fingerprint density at radius 3 is 2.32 bits per heavy atom. The van der Waals surface area contributed by atoms with Crippen LogP contribution in [0.5, 0.6) is 0 Å². The van der Waals surface area contributed by atoms with Crippen LogP contribution < -0.4 is 0 Å². The van der Waals surface area contributed by atoms with Gasteiger partial charge in [-0.15, -0.1) is 0 Å². The Morgan fingerprint density at radius 1 is 0.903 bits per heavy atom. The smallest absolute Gasteiger partial charge is 0.274 e. The zero-order chi connectivity index (χ0) is 21.2. The van der Waals surface area contributed by atoms with Crippen LogP contribution in [0.15, 0.2) is 49.1 Å². The van der Waals surface area contributed by atoms with Gasteiger partial charge in [0.2, 0.25) is 0 Å². The predicted octanol–water partition coefficient (Wildman–Crippen LogP) is 2.06. The third-order valence-electron chi connectivity index (χ3n) is 6.11. The molecule has 0 bridgehead atoms. The van der Waals surface area contributed by atoms with Crippen LogP contribution in [0.4, 0.5) is 0 Å². The summed E-state index contributed by atoms with van der Waals surface area (Å²) in [7, 11) is 0. The molecular weight excluding hydrogens is 392 g/mol. The molecule has 1 fully saturated rings. The summed E-state index contributed by atoms with van der Waals surface area (Å²) in [6, 6.07) is 9.65. The first-order chi connectivity index (χ1) is 15.2. The van der Waals surface area contributed by atoms with Gasteiger partial charge in [0.05, 0.1) is 6.33 Å². The third kappa shape index (κ3) is 4.10. The molecule has 8 heteroatoms. The van der Waals surface area contributed by atoms with E-state index in [0.29, 0.717) is 37.4 Å². The molecule has 1 aromatic carbocycles. The molecule has 5 rings (SSSR count). The molecule has 2 aromatic heterocycles. The molecule has 2 amide bonds. The van der Waals surface area contributed by atoms with Crippen molar-refractivity contribution >= 4 is 11.8 Å². The van der Waals surface area contributed by atoms with Crippen LogP contribution in [0.25, 0.3) is 0 Å². The van der Waals surface area contributed by atoms with Crippen molar-refractivity contribution in [2.45, 2.75) is 32.4 Å². The van der Waals surface area contributed by atoms with E-state index in [1.807, 2.05) is 55.6 Å². The number of fused-ring (bicyclic) bond motifs is 1. The van der Waals surface area contributed by atoms with E-state index in [0.717, 1.165) is 43.6 Å². The third-order valence-corrected chi connectivity index (χ3v) is 6.11. The first-order valence-corrected chi connectivity index (χ1v) is 10.9. The molecule has 1 saturated heterocycles. The molecule has 2 aliphatic heterocycles. The van der Waals surface area contributed by atoms with Crippen molar-refractivity contribution in [3.8, 4) is 0 Å². The first-order valence-electron chi connectivity index (χ1n) is 10.9. The van der Waals surface area contributed by atoms with Gasteiger partial charge in [0, 0.05) is 62.9 Å². The maximum absolute atomic E-state index is 12.9. The van der Waals surface area contributed by atoms with Crippen molar-refractivity contribution in [1.82, 2.24) is 29.1 Å². The lowest BCUT2D eigenvalue weighted by Gasteiger charge is -2.34. The second kappa shape index (κ2) is 8.37. The highest BCUT2D eigenvalue weighted by Gasteiger charge is 2.27. The molecule has 2 aliphatic rings. The first kappa shape index (κ1) is 19.5. The number of amides is 2. The van der Waals surface area contributed by atoms with Gasteiger partial charge in [-0.25, -0.2) is 4.98 Å². The summed E-state index contributed by atoms with van der Waals surface area (Å²) in [5.74, 6) is -0.0170. The van der Waals surface area contributed by atoms with Crippen LogP contribution >= 0.6 is 0 Å². The van der Waals surface area contributed by atoms with Crippen LogP contribution in [0, 0.1) is 0 Å². The average molecular weight is 419 g/mol. The van der Waals surface area contributed by atoms with Crippen LogP contribution in [0.1, 0.15) is 44.9 Å². The molecule has 0 aliphatic carbocycles. The van der Waals surface area contributed by atoms with Crippen molar-refractivity contribution in [1.29, 1.82) is 0 Å². The van der Waals surface area contributed by atoms with E-state index in [4.69, 9.17) is 0 Å². The number of imidazole rings is 1.